The average Bonchev–Trinajstić information content (AvgIpc) is 2.33. The van der Waals surface area contributed by atoms with Crippen LogP contribution in [0.5, 0.6) is 5.75 Å². The molecule has 0 aliphatic heterocycles. The Kier molecular flexibility index (Phi) is 4.01. The Morgan fingerprint density at radius 1 is 1.42 bits per heavy atom. The predicted molar refractivity (Wildman–Crippen MR) is 73.0 cm³/mol. The first-order chi connectivity index (χ1) is 8.97. The fourth-order valence-electron chi connectivity index (χ4n) is 1.38. The zero-order valence-electron chi connectivity index (χ0n) is 9.32. The van der Waals surface area contributed by atoms with E-state index in [9.17, 15) is 9.18 Å². The Morgan fingerprint density at radius 3 is 2.79 bits per heavy atom. The number of halogens is 3. The third-order valence-electron chi connectivity index (χ3n) is 2.25. The molecule has 98 valence electrons. The highest BCUT2D eigenvalue weighted by Gasteiger charge is 2.13. The van der Waals surface area contributed by atoms with Gasteiger partial charge in [0.05, 0.1) is 21.9 Å². The average molecular weight is 346 g/mol. The van der Waals surface area contributed by atoms with Gasteiger partial charge in [0.2, 0.25) is 0 Å². The summed E-state index contributed by atoms with van der Waals surface area (Å²) in [5.74, 6) is -1.70. The van der Waals surface area contributed by atoms with Crippen molar-refractivity contribution in [3.63, 3.8) is 0 Å². The molecule has 0 atom stereocenters. The van der Waals surface area contributed by atoms with Crippen molar-refractivity contribution in [1.82, 2.24) is 4.98 Å². The lowest BCUT2D eigenvalue weighted by atomic mass is 10.2. The molecular formula is C12H7BrClFN2O2. The smallest absolute Gasteiger partial charge is 0.258 e. The lowest BCUT2D eigenvalue weighted by molar-refractivity contribution is 0.102. The zero-order valence-corrected chi connectivity index (χ0v) is 11.7. The van der Waals surface area contributed by atoms with Crippen molar-refractivity contribution in [1.29, 1.82) is 0 Å². The van der Waals surface area contributed by atoms with E-state index in [-0.39, 0.29) is 16.5 Å². The summed E-state index contributed by atoms with van der Waals surface area (Å²) in [7, 11) is 0. The number of aromatic nitrogens is 1. The number of phenolic OH excluding ortho intramolecular Hbond substituents is 1. The lowest BCUT2D eigenvalue weighted by Gasteiger charge is -2.07. The third kappa shape index (κ3) is 3.21. The van der Waals surface area contributed by atoms with Crippen LogP contribution in [0, 0.1) is 5.82 Å². The first-order valence-corrected chi connectivity index (χ1v) is 6.25. The topological polar surface area (TPSA) is 62.2 Å². The summed E-state index contributed by atoms with van der Waals surface area (Å²) in [5, 5.41) is 11.8. The van der Waals surface area contributed by atoms with Gasteiger partial charge in [-0.25, -0.2) is 9.37 Å². The van der Waals surface area contributed by atoms with Crippen molar-refractivity contribution < 1.29 is 14.3 Å². The van der Waals surface area contributed by atoms with Crippen molar-refractivity contribution in [3.8, 4) is 5.75 Å². The number of carbonyl (C=O) groups excluding carboxylic acids is 1. The minimum Gasteiger partial charge on any atom is -0.508 e. The fraction of sp³-hybridized carbons (Fsp3) is 0. The minimum absolute atomic E-state index is 0.177. The Balaban J connectivity index is 2.23. The molecule has 19 heavy (non-hydrogen) atoms. The third-order valence-corrected chi connectivity index (χ3v) is 3.39. The van der Waals surface area contributed by atoms with Gasteiger partial charge in [0.15, 0.2) is 0 Å². The molecular weight excluding hydrogens is 338 g/mol. The highest BCUT2D eigenvalue weighted by atomic mass is 79.9. The van der Waals surface area contributed by atoms with Crippen LogP contribution in [0.15, 0.2) is 34.9 Å². The number of carbonyl (C=O) groups is 1. The lowest BCUT2D eigenvalue weighted by Crippen LogP contribution is -2.13. The van der Waals surface area contributed by atoms with E-state index in [0.717, 1.165) is 6.07 Å². The number of nitrogens with zero attached hydrogens (tertiary/aromatic N) is 1. The first-order valence-electron chi connectivity index (χ1n) is 5.08. The molecule has 2 N–H and O–H groups in total. The van der Waals surface area contributed by atoms with Crippen LogP contribution in [0.2, 0.25) is 5.15 Å². The Morgan fingerprint density at radius 2 is 2.16 bits per heavy atom. The van der Waals surface area contributed by atoms with Crippen LogP contribution in [-0.2, 0) is 0 Å². The molecule has 0 bridgehead atoms. The number of anilines is 1. The van der Waals surface area contributed by atoms with Gasteiger partial charge in [-0.3, -0.25) is 4.79 Å². The quantitative estimate of drug-likeness (QED) is 0.818. The molecule has 1 aromatic heterocycles. The summed E-state index contributed by atoms with van der Waals surface area (Å²) >= 11 is 8.88. The van der Waals surface area contributed by atoms with Crippen molar-refractivity contribution >= 4 is 39.1 Å². The van der Waals surface area contributed by atoms with Crippen LogP contribution >= 0.6 is 27.5 Å². The number of aromatic hydroxyl groups is 1. The molecule has 7 heteroatoms. The number of hydrogen-bond donors (Lipinski definition) is 2. The molecule has 0 saturated carbocycles. The molecule has 0 fully saturated rings. The van der Waals surface area contributed by atoms with E-state index < -0.39 is 11.7 Å². The highest BCUT2D eigenvalue weighted by molar-refractivity contribution is 9.10. The summed E-state index contributed by atoms with van der Waals surface area (Å²) in [5.41, 5.74) is 0.192. The molecule has 1 aromatic carbocycles. The second kappa shape index (κ2) is 5.54. The Bertz CT molecular complexity index is 652. The predicted octanol–water partition coefficient (Wildman–Crippen LogP) is 3.59. The van der Waals surface area contributed by atoms with Gasteiger partial charge >= 0.3 is 0 Å². The van der Waals surface area contributed by atoms with E-state index in [0.29, 0.717) is 10.2 Å². The monoisotopic (exact) mass is 344 g/mol. The van der Waals surface area contributed by atoms with Crippen LogP contribution < -0.4 is 5.32 Å². The van der Waals surface area contributed by atoms with Crippen LogP contribution in [-0.4, -0.2) is 16.0 Å². The second-order valence-corrected chi connectivity index (χ2v) is 4.83. The number of nitrogens with one attached hydrogen (secondary N) is 1. The number of hydrogen-bond acceptors (Lipinski definition) is 3. The normalized spacial score (nSPS) is 10.3. The molecule has 0 radical (unpaired) electrons. The molecule has 0 unspecified atom stereocenters. The van der Waals surface area contributed by atoms with Gasteiger partial charge in [-0.1, -0.05) is 11.6 Å². The molecule has 0 spiro atoms. The van der Waals surface area contributed by atoms with E-state index in [1.807, 2.05) is 0 Å². The summed E-state index contributed by atoms with van der Waals surface area (Å²) in [4.78, 5) is 15.7. The van der Waals surface area contributed by atoms with Crippen molar-refractivity contribution in [2.24, 2.45) is 0 Å². The molecule has 0 aliphatic rings. The van der Waals surface area contributed by atoms with Crippen molar-refractivity contribution in [3.05, 3.63) is 51.5 Å². The number of rotatable bonds is 2. The van der Waals surface area contributed by atoms with Gasteiger partial charge in [-0.15, -0.1) is 0 Å². The highest BCUT2D eigenvalue weighted by Crippen LogP contribution is 2.23. The zero-order chi connectivity index (χ0) is 14.0. The van der Waals surface area contributed by atoms with Crippen molar-refractivity contribution in [2.45, 2.75) is 0 Å². The summed E-state index contributed by atoms with van der Waals surface area (Å²) in [6.45, 7) is 0. The summed E-state index contributed by atoms with van der Waals surface area (Å²) < 4.78 is 14.0. The molecule has 0 aliphatic carbocycles. The van der Waals surface area contributed by atoms with Gasteiger partial charge in [0, 0.05) is 6.07 Å². The second-order valence-electron chi connectivity index (χ2n) is 3.61. The molecule has 4 nitrogen and oxygen atoms in total. The van der Waals surface area contributed by atoms with Crippen LogP contribution in [0.3, 0.4) is 0 Å². The van der Waals surface area contributed by atoms with E-state index in [2.05, 4.69) is 26.2 Å². The van der Waals surface area contributed by atoms with Crippen LogP contribution in [0.4, 0.5) is 10.1 Å². The standard InChI is InChI=1S/C12H7BrClFN2O2/c13-9-3-6(5-16-11(9)14)17-12(19)8-2-1-7(18)4-10(8)15/h1-5,18H,(H,17,19). The maximum atomic E-state index is 13.5. The van der Waals surface area contributed by atoms with Gasteiger partial charge < -0.3 is 10.4 Å². The molecule has 0 saturated heterocycles. The van der Waals surface area contributed by atoms with E-state index in [4.69, 9.17) is 16.7 Å². The minimum atomic E-state index is -0.807. The number of pyridine rings is 1. The fourth-order valence-corrected chi connectivity index (χ4v) is 1.83. The summed E-state index contributed by atoms with van der Waals surface area (Å²) in [6.07, 6.45) is 1.35. The maximum absolute atomic E-state index is 13.5. The van der Waals surface area contributed by atoms with Crippen LogP contribution in [0.25, 0.3) is 0 Å². The molecule has 1 amide bonds. The first kappa shape index (κ1) is 13.8. The Hall–Kier alpha value is -1.66. The van der Waals surface area contributed by atoms with Crippen LogP contribution in [0.1, 0.15) is 10.4 Å². The van der Waals surface area contributed by atoms with Crippen molar-refractivity contribution in [2.75, 3.05) is 5.32 Å². The van der Waals surface area contributed by atoms with Gasteiger partial charge in [-0.2, -0.15) is 0 Å². The maximum Gasteiger partial charge on any atom is 0.258 e. The van der Waals surface area contributed by atoms with E-state index in [1.54, 1.807) is 6.07 Å². The van der Waals surface area contributed by atoms with E-state index >= 15 is 0 Å². The molecule has 2 rings (SSSR count). The Labute approximate surface area is 121 Å². The number of amides is 1. The molecule has 1 heterocycles. The van der Waals surface area contributed by atoms with Gasteiger partial charge in [-0.05, 0) is 34.1 Å². The van der Waals surface area contributed by atoms with E-state index in [1.165, 1.54) is 18.3 Å². The largest absolute Gasteiger partial charge is 0.508 e. The molecule has 2 aromatic rings. The number of benzene rings is 1. The van der Waals surface area contributed by atoms with Gasteiger partial charge in [0.25, 0.3) is 5.91 Å². The van der Waals surface area contributed by atoms with Gasteiger partial charge in [0.1, 0.15) is 16.7 Å². The SMILES string of the molecule is O=C(Nc1cnc(Cl)c(Br)c1)c1ccc(O)cc1F. The number of phenols is 1. The summed E-state index contributed by atoms with van der Waals surface area (Å²) in [6, 6.07) is 4.84.